The third kappa shape index (κ3) is 2.50. The molecule has 1 aromatic rings. The lowest BCUT2D eigenvalue weighted by Gasteiger charge is -1.96. The van der Waals surface area contributed by atoms with Crippen molar-refractivity contribution in [1.82, 2.24) is 5.32 Å². The van der Waals surface area contributed by atoms with Crippen LogP contribution in [0.25, 0.3) is 0 Å². The van der Waals surface area contributed by atoms with Crippen molar-refractivity contribution in [2.45, 2.75) is 0 Å². The summed E-state index contributed by atoms with van der Waals surface area (Å²) >= 11 is 0. The molecular weight excluding hydrogens is 178 g/mol. The van der Waals surface area contributed by atoms with Crippen molar-refractivity contribution in [2.75, 3.05) is 0 Å². The minimum absolute atomic E-state index is 0.0252. The molecule has 0 radical (unpaired) electrons. The van der Waals surface area contributed by atoms with Crippen molar-refractivity contribution < 1.29 is 0 Å². The maximum Gasteiger partial charge on any atom is 0.207 e. The standard InChI is InChI=1S/C9H7N5/c10-5-7-1-3-8(4-2-7)14-9(12)13-6-11/h1-4H,(H3,12,13,14). The largest absolute Gasteiger partial charge is 0.369 e. The maximum atomic E-state index is 8.53. The van der Waals surface area contributed by atoms with Gasteiger partial charge >= 0.3 is 0 Å². The second-order valence-corrected chi connectivity index (χ2v) is 2.39. The number of aliphatic imine (C=N–C) groups is 1. The van der Waals surface area contributed by atoms with Gasteiger partial charge in [-0.05, 0) is 24.3 Å². The molecule has 0 atom stereocenters. The Bertz CT molecular complexity index is 418. The van der Waals surface area contributed by atoms with Gasteiger partial charge in [0.1, 0.15) is 0 Å². The van der Waals surface area contributed by atoms with Crippen LogP contribution in [0.15, 0.2) is 29.3 Å². The summed E-state index contributed by atoms with van der Waals surface area (Å²) in [6, 6.07) is 8.52. The third-order valence-corrected chi connectivity index (χ3v) is 1.43. The van der Waals surface area contributed by atoms with E-state index in [0.717, 1.165) is 0 Å². The van der Waals surface area contributed by atoms with Gasteiger partial charge in [-0.15, -0.1) is 0 Å². The van der Waals surface area contributed by atoms with Crippen LogP contribution in [0.3, 0.4) is 0 Å². The Morgan fingerprint density at radius 3 is 2.43 bits per heavy atom. The summed E-state index contributed by atoms with van der Waals surface area (Å²) in [4.78, 5) is 3.88. The van der Waals surface area contributed by atoms with E-state index < -0.39 is 0 Å². The molecule has 14 heavy (non-hydrogen) atoms. The van der Waals surface area contributed by atoms with Gasteiger partial charge in [-0.2, -0.15) is 10.5 Å². The summed E-state index contributed by atoms with van der Waals surface area (Å²) in [7, 11) is 0. The summed E-state index contributed by atoms with van der Waals surface area (Å²) in [5.41, 5.74) is 6.48. The van der Waals surface area contributed by atoms with Crippen molar-refractivity contribution in [2.24, 2.45) is 10.7 Å². The molecule has 0 aromatic heterocycles. The Morgan fingerprint density at radius 1 is 1.29 bits per heavy atom. The van der Waals surface area contributed by atoms with Crippen LogP contribution < -0.4 is 11.1 Å². The first-order valence-corrected chi connectivity index (χ1v) is 3.75. The Kier molecular flexibility index (Phi) is 3.06. The molecule has 1 rings (SSSR count). The number of nitrogens with two attached hydrogens (primary N) is 1. The Labute approximate surface area is 81.1 Å². The molecule has 3 N–H and O–H groups in total. The third-order valence-electron chi connectivity index (χ3n) is 1.43. The Morgan fingerprint density at radius 2 is 1.93 bits per heavy atom. The van der Waals surface area contributed by atoms with E-state index in [9.17, 15) is 0 Å². The van der Waals surface area contributed by atoms with E-state index in [4.69, 9.17) is 16.3 Å². The molecule has 0 saturated heterocycles. The highest BCUT2D eigenvalue weighted by molar-refractivity contribution is 5.82. The minimum atomic E-state index is 0.0252. The zero-order chi connectivity index (χ0) is 10.4. The van der Waals surface area contributed by atoms with Crippen LogP contribution in [-0.4, -0.2) is 5.96 Å². The van der Waals surface area contributed by atoms with Gasteiger partial charge in [0.05, 0.1) is 17.3 Å². The molecule has 68 valence electrons. The van der Waals surface area contributed by atoms with Crippen molar-refractivity contribution in [1.29, 1.82) is 10.5 Å². The van der Waals surface area contributed by atoms with Crippen LogP contribution in [0.2, 0.25) is 0 Å². The van der Waals surface area contributed by atoms with E-state index in [1.165, 1.54) is 0 Å². The molecule has 0 aliphatic rings. The Hall–Kier alpha value is -2.53. The number of nitrogens with one attached hydrogen (secondary N) is 1. The molecular formula is C9H7N5. The van der Waals surface area contributed by atoms with Crippen LogP contribution in [0.4, 0.5) is 5.69 Å². The first-order valence-electron chi connectivity index (χ1n) is 3.75. The molecule has 0 amide bonds. The minimum Gasteiger partial charge on any atom is -0.369 e. The van der Waals surface area contributed by atoms with E-state index in [2.05, 4.69) is 10.3 Å². The molecule has 1 aromatic carbocycles. The fourth-order valence-electron chi connectivity index (χ4n) is 0.835. The van der Waals surface area contributed by atoms with Gasteiger partial charge < -0.3 is 5.73 Å². The molecule has 0 spiro atoms. The summed E-state index contributed by atoms with van der Waals surface area (Å²) in [5, 5.41) is 19.0. The summed E-state index contributed by atoms with van der Waals surface area (Å²) in [5.74, 6) is 0.0252. The van der Waals surface area contributed by atoms with Gasteiger partial charge in [-0.3, -0.25) is 5.32 Å². The van der Waals surface area contributed by atoms with Gasteiger partial charge in [0.2, 0.25) is 5.96 Å². The summed E-state index contributed by atoms with van der Waals surface area (Å²) < 4.78 is 0. The molecule has 0 heterocycles. The van der Waals surface area contributed by atoms with Crippen LogP contribution in [-0.2, 0) is 0 Å². The number of rotatable bonds is 1. The second-order valence-electron chi connectivity index (χ2n) is 2.39. The fourth-order valence-corrected chi connectivity index (χ4v) is 0.835. The molecule has 5 heteroatoms. The molecule has 0 unspecified atom stereocenters. The maximum absolute atomic E-state index is 8.53. The average molecular weight is 185 g/mol. The van der Waals surface area contributed by atoms with Gasteiger partial charge in [-0.1, -0.05) is 0 Å². The van der Waals surface area contributed by atoms with Crippen molar-refractivity contribution in [3.63, 3.8) is 0 Å². The second kappa shape index (κ2) is 4.48. The zero-order valence-corrected chi connectivity index (χ0v) is 7.23. The first-order chi connectivity index (χ1) is 6.76. The molecule has 0 bridgehead atoms. The number of hydrogen-bond donors (Lipinski definition) is 2. The topological polar surface area (TPSA) is 98.0 Å². The number of hydrogen-bond acceptors (Lipinski definition) is 3. The van der Waals surface area contributed by atoms with Crippen molar-refractivity contribution >= 4 is 11.6 Å². The van der Waals surface area contributed by atoms with Crippen LogP contribution in [0.5, 0.6) is 0 Å². The monoisotopic (exact) mass is 185 g/mol. The first kappa shape index (κ1) is 9.56. The predicted molar refractivity (Wildman–Crippen MR) is 51.2 cm³/mol. The van der Waals surface area contributed by atoms with E-state index in [1.807, 2.05) is 6.07 Å². The quantitative estimate of drug-likeness (QED) is 0.289. The van der Waals surface area contributed by atoms with E-state index in [1.54, 1.807) is 30.5 Å². The van der Waals surface area contributed by atoms with Crippen LogP contribution in [0.1, 0.15) is 5.56 Å². The SMILES string of the molecule is N#CNC(N)=Nc1ccc(C#N)cc1. The van der Waals surface area contributed by atoms with E-state index in [0.29, 0.717) is 11.3 Å². The average Bonchev–Trinajstić information content (AvgIpc) is 2.19. The lowest BCUT2D eigenvalue weighted by Crippen LogP contribution is -2.26. The van der Waals surface area contributed by atoms with Crippen molar-refractivity contribution in [3.05, 3.63) is 29.8 Å². The van der Waals surface area contributed by atoms with Crippen molar-refractivity contribution in [3.8, 4) is 12.3 Å². The smallest absolute Gasteiger partial charge is 0.207 e. The number of nitriles is 2. The number of benzene rings is 1. The molecule has 0 aliphatic carbocycles. The highest BCUT2D eigenvalue weighted by Gasteiger charge is 1.93. The van der Waals surface area contributed by atoms with Gasteiger partial charge in [0.25, 0.3) is 0 Å². The van der Waals surface area contributed by atoms with Gasteiger partial charge in [0.15, 0.2) is 6.19 Å². The molecule has 0 fully saturated rings. The normalized spacial score (nSPS) is 10.0. The number of nitrogens with zero attached hydrogens (tertiary/aromatic N) is 3. The van der Waals surface area contributed by atoms with Crippen LogP contribution in [0, 0.1) is 22.8 Å². The lowest BCUT2D eigenvalue weighted by molar-refractivity contribution is 1.22. The predicted octanol–water partition coefficient (Wildman–Crippen LogP) is 0.575. The number of guanidine groups is 1. The Balaban J connectivity index is 2.85. The van der Waals surface area contributed by atoms with Gasteiger partial charge in [0, 0.05) is 0 Å². The molecule has 0 saturated carbocycles. The van der Waals surface area contributed by atoms with E-state index in [-0.39, 0.29) is 5.96 Å². The molecule has 0 aliphatic heterocycles. The highest BCUT2D eigenvalue weighted by Crippen LogP contribution is 2.11. The van der Waals surface area contributed by atoms with E-state index >= 15 is 0 Å². The van der Waals surface area contributed by atoms with Gasteiger partial charge in [-0.25, -0.2) is 4.99 Å². The summed E-state index contributed by atoms with van der Waals surface area (Å²) in [6.45, 7) is 0. The summed E-state index contributed by atoms with van der Waals surface area (Å²) in [6.07, 6.45) is 1.65. The zero-order valence-electron chi connectivity index (χ0n) is 7.23. The highest BCUT2D eigenvalue weighted by atomic mass is 15.1. The van der Waals surface area contributed by atoms with Crippen LogP contribution >= 0.6 is 0 Å². The lowest BCUT2D eigenvalue weighted by atomic mass is 10.2. The molecule has 5 nitrogen and oxygen atoms in total. The fraction of sp³-hybridized carbons (Fsp3) is 0.